The quantitative estimate of drug-likeness (QED) is 0.867. The van der Waals surface area contributed by atoms with Crippen molar-refractivity contribution in [2.75, 3.05) is 13.1 Å². The lowest BCUT2D eigenvalue weighted by Crippen LogP contribution is -2.30. The maximum absolute atomic E-state index is 12.0. The molecular weight excluding hydrogens is 286 g/mol. The van der Waals surface area contributed by atoms with Gasteiger partial charge >= 0.3 is 0 Å². The fraction of sp³-hybridized carbons (Fsp3) is 0.250. The Morgan fingerprint density at radius 1 is 1.38 bits per heavy atom. The average Bonchev–Trinajstić information content (AvgIpc) is 2.91. The minimum atomic E-state index is -0.0176. The van der Waals surface area contributed by atoms with E-state index in [-0.39, 0.29) is 11.9 Å². The van der Waals surface area contributed by atoms with Crippen LogP contribution in [0.25, 0.3) is 17.0 Å². The van der Waals surface area contributed by atoms with E-state index in [1.165, 1.54) is 0 Å². The van der Waals surface area contributed by atoms with Crippen molar-refractivity contribution in [3.63, 3.8) is 0 Å². The summed E-state index contributed by atoms with van der Waals surface area (Å²) in [5, 5.41) is 1.67. The Bertz CT molecular complexity index is 714. The van der Waals surface area contributed by atoms with Crippen molar-refractivity contribution in [3.8, 4) is 0 Å². The van der Waals surface area contributed by atoms with Crippen LogP contribution >= 0.6 is 11.6 Å². The Labute approximate surface area is 128 Å². The van der Waals surface area contributed by atoms with Crippen LogP contribution < -0.4 is 5.73 Å². The largest absolute Gasteiger partial charge is 0.338 e. The Hall–Kier alpha value is -1.91. The number of hydrogen-bond acceptors (Lipinski definition) is 3. The van der Waals surface area contributed by atoms with Crippen molar-refractivity contribution in [1.29, 1.82) is 0 Å². The Morgan fingerprint density at radius 2 is 2.19 bits per heavy atom. The smallest absolute Gasteiger partial charge is 0.246 e. The third kappa shape index (κ3) is 3.23. The standard InChI is InChI=1S/C16H16ClN3O/c17-12-3-1-11-2-4-14(19-15(11)9-12)5-6-16(21)20-8-7-13(18)10-20/h1-6,9,13H,7-8,10,18H2/b6-5+/t13-/m1/s1. The highest BCUT2D eigenvalue weighted by Crippen LogP contribution is 2.18. The van der Waals surface area contributed by atoms with Gasteiger partial charge in [-0.25, -0.2) is 4.98 Å². The van der Waals surface area contributed by atoms with Gasteiger partial charge in [-0.2, -0.15) is 0 Å². The number of benzene rings is 1. The highest BCUT2D eigenvalue weighted by molar-refractivity contribution is 6.31. The molecule has 1 fully saturated rings. The second-order valence-corrected chi connectivity index (χ2v) is 5.68. The summed E-state index contributed by atoms with van der Waals surface area (Å²) in [5.74, 6) is -0.0176. The van der Waals surface area contributed by atoms with E-state index in [2.05, 4.69) is 4.98 Å². The summed E-state index contributed by atoms with van der Waals surface area (Å²) < 4.78 is 0. The van der Waals surface area contributed by atoms with Gasteiger partial charge in [0.2, 0.25) is 5.91 Å². The van der Waals surface area contributed by atoms with E-state index in [1.807, 2.05) is 30.3 Å². The number of hydrogen-bond donors (Lipinski definition) is 1. The molecule has 3 rings (SSSR count). The van der Waals surface area contributed by atoms with E-state index in [1.54, 1.807) is 17.1 Å². The molecule has 1 saturated heterocycles. The number of amides is 1. The molecule has 21 heavy (non-hydrogen) atoms. The van der Waals surface area contributed by atoms with E-state index >= 15 is 0 Å². The van der Waals surface area contributed by atoms with Crippen LogP contribution in [0.5, 0.6) is 0 Å². The first-order chi connectivity index (χ1) is 10.1. The minimum absolute atomic E-state index is 0.0176. The van der Waals surface area contributed by atoms with Crippen LogP contribution in [0.15, 0.2) is 36.4 Å². The molecule has 0 spiro atoms. The molecule has 1 aliphatic rings. The summed E-state index contributed by atoms with van der Waals surface area (Å²) in [4.78, 5) is 18.3. The molecule has 1 atom stereocenters. The topological polar surface area (TPSA) is 59.2 Å². The predicted molar refractivity (Wildman–Crippen MR) is 85.0 cm³/mol. The maximum atomic E-state index is 12.0. The number of carbonyl (C=O) groups excluding carboxylic acids is 1. The van der Waals surface area contributed by atoms with Gasteiger partial charge in [0.15, 0.2) is 0 Å². The zero-order valence-corrected chi connectivity index (χ0v) is 12.3. The van der Waals surface area contributed by atoms with Crippen molar-refractivity contribution in [2.45, 2.75) is 12.5 Å². The lowest BCUT2D eigenvalue weighted by molar-refractivity contribution is -0.124. The predicted octanol–water partition coefficient (Wildman–Crippen LogP) is 2.46. The SMILES string of the molecule is N[C@@H]1CCN(C(=O)/C=C/c2ccc3ccc(Cl)cc3n2)C1. The molecule has 5 heteroatoms. The first kappa shape index (κ1) is 14.0. The molecule has 0 bridgehead atoms. The first-order valence-electron chi connectivity index (χ1n) is 6.91. The van der Waals surface area contributed by atoms with Gasteiger partial charge < -0.3 is 10.6 Å². The van der Waals surface area contributed by atoms with Gasteiger partial charge in [-0.3, -0.25) is 4.79 Å². The third-order valence-corrected chi connectivity index (χ3v) is 3.84. The molecular formula is C16H16ClN3O. The summed E-state index contributed by atoms with van der Waals surface area (Å²) >= 11 is 5.97. The summed E-state index contributed by atoms with van der Waals surface area (Å²) in [6.07, 6.45) is 4.15. The molecule has 108 valence electrons. The number of nitrogens with zero attached hydrogens (tertiary/aromatic N) is 2. The molecule has 0 unspecified atom stereocenters. The molecule has 1 aromatic carbocycles. The third-order valence-electron chi connectivity index (χ3n) is 3.61. The second-order valence-electron chi connectivity index (χ2n) is 5.24. The summed E-state index contributed by atoms with van der Waals surface area (Å²) in [5.41, 5.74) is 7.36. The molecule has 1 aromatic heterocycles. The van der Waals surface area contributed by atoms with Crippen LogP contribution in [0, 0.1) is 0 Å². The van der Waals surface area contributed by atoms with Gasteiger partial charge in [-0.05, 0) is 30.7 Å². The number of rotatable bonds is 2. The van der Waals surface area contributed by atoms with Gasteiger partial charge in [-0.1, -0.05) is 23.7 Å². The Balaban J connectivity index is 1.77. The first-order valence-corrected chi connectivity index (χ1v) is 7.28. The molecule has 0 radical (unpaired) electrons. The summed E-state index contributed by atoms with van der Waals surface area (Å²) in [7, 11) is 0. The second kappa shape index (κ2) is 5.84. The van der Waals surface area contributed by atoms with E-state index < -0.39 is 0 Å². The molecule has 1 aliphatic heterocycles. The van der Waals surface area contributed by atoms with Gasteiger partial charge in [0.1, 0.15) is 0 Å². The average molecular weight is 302 g/mol. The van der Waals surface area contributed by atoms with Crippen LogP contribution in [-0.2, 0) is 4.79 Å². The number of aromatic nitrogens is 1. The fourth-order valence-corrected chi connectivity index (χ4v) is 2.61. The van der Waals surface area contributed by atoms with Crippen LogP contribution in [0.1, 0.15) is 12.1 Å². The monoisotopic (exact) mass is 301 g/mol. The van der Waals surface area contributed by atoms with E-state index in [9.17, 15) is 4.79 Å². The van der Waals surface area contributed by atoms with Crippen LogP contribution in [0.3, 0.4) is 0 Å². The van der Waals surface area contributed by atoms with Crippen molar-refractivity contribution in [1.82, 2.24) is 9.88 Å². The molecule has 4 nitrogen and oxygen atoms in total. The van der Waals surface area contributed by atoms with Gasteiger partial charge in [0, 0.05) is 35.6 Å². The van der Waals surface area contributed by atoms with Crippen molar-refractivity contribution in [3.05, 3.63) is 47.1 Å². The van der Waals surface area contributed by atoms with Crippen molar-refractivity contribution in [2.24, 2.45) is 5.73 Å². The van der Waals surface area contributed by atoms with E-state index in [0.29, 0.717) is 11.6 Å². The highest BCUT2D eigenvalue weighted by atomic mass is 35.5. The molecule has 2 aromatic rings. The van der Waals surface area contributed by atoms with Gasteiger partial charge in [0.05, 0.1) is 11.2 Å². The Morgan fingerprint density at radius 3 is 2.95 bits per heavy atom. The lowest BCUT2D eigenvalue weighted by atomic mass is 10.2. The summed E-state index contributed by atoms with van der Waals surface area (Å²) in [6, 6.07) is 9.53. The Kier molecular flexibility index (Phi) is 3.90. The molecule has 2 N–H and O–H groups in total. The zero-order chi connectivity index (χ0) is 14.8. The van der Waals surface area contributed by atoms with Crippen molar-refractivity contribution >= 4 is 34.5 Å². The van der Waals surface area contributed by atoms with Crippen LogP contribution in [0.4, 0.5) is 0 Å². The minimum Gasteiger partial charge on any atom is -0.338 e. The fourth-order valence-electron chi connectivity index (χ4n) is 2.45. The number of fused-ring (bicyclic) bond motifs is 1. The molecule has 0 aliphatic carbocycles. The number of carbonyl (C=O) groups is 1. The number of likely N-dealkylation sites (tertiary alicyclic amines) is 1. The zero-order valence-electron chi connectivity index (χ0n) is 11.5. The lowest BCUT2D eigenvalue weighted by Gasteiger charge is -2.12. The van der Waals surface area contributed by atoms with Crippen LogP contribution in [-0.4, -0.2) is 34.9 Å². The van der Waals surface area contributed by atoms with Gasteiger partial charge in [0.25, 0.3) is 0 Å². The van der Waals surface area contributed by atoms with Crippen molar-refractivity contribution < 1.29 is 4.79 Å². The van der Waals surface area contributed by atoms with Crippen LogP contribution in [0.2, 0.25) is 5.02 Å². The summed E-state index contributed by atoms with van der Waals surface area (Å²) in [6.45, 7) is 1.36. The molecule has 1 amide bonds. The molecule has 0 saturated carbocycles. The van der Waals surface area contributed by atoms with E-state index in [0.717, 1.165) is 29.6 Å². The normalized spacial score (nSPS) is 18.8. The number of halogens is 1. The van der Waals surface area contributed by atoms with Gasteiger partial charge in [-0.15, -0.1) is 0 Å². The maximum Gasteiger partial charge on any atom is 0.246 e. The number of nitrogens with two attached hydrogens (primary N) is 1. The number of pyridine rings is 1. The van der Waals surface area contributed by atoms with E-state index in [4.69, 9.17) is 17.3 Å². The highest BCUT2D eigenvalue weighted by Gasteiger charge is 2.21. The molecule has 2 heterocycles.